The fourth-order valence-corrected chi connectivity index (χ4v) is 1.97. The van der Waals surface area contributed by atoms with E-state index in [0.29, 0.717) is 11.4 Å². The number of ether oxygens (including phenoxy) is 1. The molecular formula is C16H12N2O3. The molecule has 0 aliphatic rings. The maximum absolute atomic E-state index is 10.9. The number of benzene rings is 1. The second-order valence-corrected chi connectivity index (χ2v) is 4.47. The van der Waals surface area contributed by atoms with Crippen molar-refractivity contribution in [1.29, 1.82) is 0 Å². The number of carbonyl (C=O) groups is 1. The van der Waals surface area contributed by atoms with Crippen LogP contribution in [0.2, 0.25) is 0 Å². The molecular weight excluding hydrogens is 268 g/mol. The first-order chi connectivity index (χ1) is 10.2. The van der Waals surface area contributed by atoms with Crippen LogP contribution in [0.15, 0.2) is 54.7 Å². The Morgan fingerprint density at radius 3 is 2.90 bits per heavy atom. The summed E-state index contributed by atoms with van der Waals surface area (Å²) >= 11 is 0. The highest BCUT2D eigenvalue weighted by molar-refractivity contribution is 5.85. The van der Waals surface area contributed by atoms with Crippen LogP contribution in [0, 0.1) is 0 Å². The molecule has 0 spiro atoms. The lowest BCUT2D eigenvalue weighted by molar-refractivity contribution is 0.0690. The second kappa shape index (κ2) is 5.58. The molecule has 2 heterocycles. The fraction of sp³-hybridized carbons (Fsp3) is 0.0625. The predicted octanol–water partition coefficient (Wildman–Crippen LogP) is 2.91. The molecule has 0 aliphatic carbocycles. The Labute approximate surface area is 120 Å². The molecule has 0 radical (unpaired) electrons. The van der Waals surface area contributed by atoms with Gasteiger partial charge in [-0.15, -0.1) is 0 Å². The van der Waals surface area contributed by atoms with Crippen molar-refractivity contribution < 1.29 is 14.6 Å². The first kappa shape index (κ1) is 13.1. The van der Waals surface area contributed by atoms with E-state index in [1.807, 2.05) is 30.3 Å². The van der Waals surface area contributed by atoms with Gasteiger partial charge in [0.1, 0.15) is 18.1 Å². The Balaban J connectivity index is 1.77. The molecule has 1 N–H and O–H groups in total. The van der Waals surface area contributed by atoms with Crippen LogP contribution in [0.3, 0.4) is 0 Å². The van der Waals surface area contributed by atoms with Crippen molar-refractivity contribution in [3.8, 4) is 5.75 Å². The molecule has 5 nitrogen and oxygen atoms in total. The van der Waals surface area contributed by atoms with E-state index in [4.69, 9.17) is 9.84 Å². The van der Waals surface area contributed by atoms with Gasteiger partial charge in [-0.2, -0.15) is 0 Å². The van der Waals surface area contributed by atoms with Gasteiger partial charge in [0.05, 0.1) is 11.2 Å². The van der Waals surface area contributed by atoms with Crippen molar-refractivity contribution in [3.05, 3.63) is 66.1 Å². The van der Waals surface area contributed by atoms with Crippen molar-refractivity contribution >= 4 is 16.9 Å². The van der Waals surface area contributed by atoms with E-state index in [-0.39, 0.29) is 12.3 Å². The first-order valence-electron chi connectivity index (χ1n) is 6.39. The molecule has 0 saturated heterocycles. The zero-order chi connectivity index (χ0) is 14.7. The van der Waals surface area contributed by atoms with Crippen molar-refractivity contribution in [2.45, 2.75) is 6.61 Å². The van der Waals surface area contributed by atoms with Crippen LogP contribution in [-0.2, 0) is 6.61 Å². The van der Waals surface area contributed by atoms with Crippen molar-refractivity contribution in [2.24, 2.45) is 0 Å². The van der Waals surface area contributed by atoms with Crippen LogP contribution in [0.5, 0.6) is 5.75 Å². The quantitative estimate of drug-likeness (QED) is 0.795. The lowest BCUT2D eigenvalue weighted by Gasteiger charge is -2.07. The molecule has 5 heteroatoms. The highest BCUT2D eigenvalue weighted by Gasteiger charge is 2.06. The van der Waals surface area contributed by atoms with Crippen LogP contribution >= 0.6 is 0 Å². The van der Waals surface area contributed by atoms with Crippen LogP contribution in [-0.4, -0.2) is 21.0 Å². The van der Waals surface area contributed by atoms with Gasteiger partial charge in [-0.3, -0.25) is 4.98 Å². The van der Waals surface area contributed by atoms with Crippen molar-refractivity contribution in [1.82, 2.24) is 9.97 Å². The topological polar surface area (TPSA) is 72.3 Å². The molecule has 21 heavy (non-hydrogen) atoms. The monoisotopic (exact) mass is 280 g/mol. The lowest BCUT2D eigenvalue weighted by atomic mass is 10.2. The Kier molecular flexibility index (Phi) is 3.47. The minimum absolute atomic E-state index is 0.0104. The number of rotatable bonds is 4. The largest absolute Gasteiger partial charge is 0.487 e. The Hall–Kier alpha value is -2.95. The average molecular weight is 280 g/mol. The molecule has 0 saturated carbocycles. The molecule has 0 fully saturated rings. The Bertz CT molecular complexity index is 802. The van der Waals surface area contributed by atoms with Gasteiger partial charge in [-0.05, 0) is 30.3 Å². The van der Waals surface area contributed by atoms with Crippen molar-refractivity contribution in [2.75, 3.05) is 0 Å². The van der Waals surface area contributed by atoms with Gasteiger partial charge in [0.25, 0.3) is 0 Å². The highest BCUT2D eigenvalue weighted by Crippen LogP contribution is 2.19. The number of carboxylic acids is 1. The lowest BCUT2D eigenvalue weighted by Crippen LogP contribution is -2.04. The summed E-state index contributed by atoms with van der Waals surface area (Å²) < 4.78 is 5.64. The van der Waals surface area contributed by atoms with E-state index < -0.39 is 5.97 Å². The van der Waals surface area contributed by atoms with Crippen LogP contribution in [0.1, 0.15) is 16.2 Å². The summed E-state index contributed by atoms with van der Waals surface area (Å²) in [5.41, 5.74) is 1.43. The highest BCUT2D eigenvalue weighted by atomic mass is 16.5. The van der Waals surface area contributed by atoms with E-state index in [9.17, 15) is 4.79 Å². The molecule has 0 unspecified atom stereocenters. The van der Waals surface area contributed by atoms with E-state index >= 15 is 0 Å². The van der Waals surface area contributed by atoms with Gasteiger partial charge in [0.2, 0.25) is 0 Å². The summed E-state index contributed by atoms with van der Waals surface area (Å²) in [6, 6.07) is 14.3. The van der Waals surface area contributed by atoms with E-state index in [0.717, 1.165) is 10.9 Å². The third-order valence-electron chi connectivity index (χ3n) is 2.99. The third-order valence-corrected chi connectivity index (χ3v) is 2.99. The Morgan fingerprint density at radius 2 is 2.05 bits per heavy atom. The average Bonchev–Trinajstić information content (AvgIpc) is 2.53. The second-order valence-electron chi connectivity index (χ2n) is 4.47. The molecule has 2 aromatic heterocycles. The number of nitrogens with zero attached hydrogens (tertiary/aromatic N) is 2. The fourth-order valence-electron chi connectivity index (χ4n) is 1.97. The van der Waals surface area contributed by atoms with Gasteiger partial charge >= 0.3 is 5.97 Å². The first-order valence-corrected chi connectivity index (χ1v) is 6.39. The third kappa shape index (κ3) is 2.97. The number of aromatic carboxylic acids is 1. The minimum Gasteiger partial charge on any atom is -0.487 e. The zero-order valence-corrected chi connectivity index (χ0v) is 11.1. The summed E-state index contributed by atoms with van der Waals surface area (Å²) in [6.45, 7) is 0.208. The van der Waals surface area contributed by atoms with Gasteiger partial charge in [-0.1, -0.05) is 12.1 Å². The summed E-state index contributed by atoms with van der Waals surface area (Å²) in [6.07, 6.45) is 1.73. The zero-order valence-electron chi connectivity index (χ0n) is 11.1. The number of hydrogen-bond donors (Lipinski definition) is 1. The van der Waals surface area contributed by atoms with E-state index in [2.05, 4.69) is 9.97 Å². The molecule has 3 rings (SSSR count). The van der Waals surface area contributed by atoms with Gasteiger partial charge < -0.3 is 9.84 Å². The number of hydrogen-bond acceptors (Lipinski definition) is 4. The summed E-state index contributed by atoms with van der Waals surface area (Å²) in [5, 5.41) is 9.94. The SMILES string of the molecule is O=C(O)c1cccc(COc2ccc3cccnc3c2)n1. The number of pyridine rings is 2. The normalized spacial score (nSPS) is 10.5. The summed E-state index contributed by atoms with van der Waals surface area (Å²) in [7, 11) is 0. The molecule has 0 atom stereocenters. The smallest absolute Gasteiger partial charge is 0.354 e. The predicted molar refractivity (Wildman–Crippen MR) is 77.3 cm³/mol. The maximum atomic E-state index is 10.9. The maximum Gasteiger partial charge on any atom is 0.354 e. The number of fused-ring (bicyclic) bond motifs is 1. The van der Waals surface area contributed by atoms with E-state index in [1.165, 1.54) is 6.07 Å². The van der Waals surface area contributed by atoms with Crippen molar-refractivity contribution in [3.63, 3.8) is 0 Å². The summed E-state index contributed by atoms with van der Waals surface area (Å²) in [5.74, 6) is -0.379. The van der Waals surface area contributed by atoms with Gasteiger partial charge in [0, 0.05) is 17.6 Å². The molecule has 1 aromatic carbocycles. The molecule has 0 aliphatic heterocycles. The Morgan fingerprint density at radius 1 is 1.14 bits per heavy atom. The number of aromatic nitrogens is 2. The molecule has 104 valence electrons. The van der Waals surface area contributed by atoms with E-state index in [1.54, 1.807) is 18.3 Å². The van der Waals surface area contributed by atoms with Gasteiger partial charge in [-0.25, -0.2) is 9.78 Å². The standard InChI is InChI=1S/C16H12N2O3/c19-16(20)14-5-1-4-12(18-14)10-21-13-7-6-11-3-2-8-17-15(11)9-13/h1-9H,10H2,(H,19,20). The molecule has 0 amide bonds. The minimum atomic E-state index is -1.05. The van der Waals surface area contributed by atoms with Crippen LogP contribution in [0.25, 0.3) is 10.9 Å². The molecule has 3 aromatic rings. The summed E-state index contributed by atoms with van der Waals surface area (Å²) in [4.78, 5) is 19.1. The van der Waals surface area contributed by atoms with Crippen LogP contribution in [0.4, 0.5) is 0 Å². The van der Waals surface area contributed by atoms with Crippen LogP contribution < -0.4 is 4.74 Å². The van der Waals surface area contributed by atoms with Gasteiger partial charge in [0.15, 0.2) is 0 Å². The molecule has 0 bridgehead atoms. The number of carboxylic acid groups (broad SMARTS) is 1.